The van der Waals surface area contributed by atoms with Gasteiger partial charge < -0.3 is 5.32 Å². The Balaban J connectivity index is 2.11. The lowest BCUT2D eigenvalue weighted by atomic mass is 9.99. The van der Waals surface area contributed by atoms with Crippen molar-refractivity contribution < 1.29 is 9.59 Å². The smallest absolute Gasteiger partial charge is 0.217 e. The van der Waals surface area contributed by atoms with Gasteiger partial charge in [0.15, 0.2) is 5.78 Å². The summed E-state index contributed by atoms with van der Waals surface area (Å²) in [6.07, 6.45) is 0.518. The summed E-state index contributed by atoms with van der Waals surface area (Å²) in [5.41, 5.74) is 3.33. The van der Waals surface area contributed by atoms with Gasteiger partial charge in [-0.25, -0.2) is 0 Å². The zero-order chi connectivity index (χ0) is 15.2. The van der Waals surface area contributed by atoms with Crippen LogP contribution < -0.4 is 5.32 Å². The molecule has 2 aromatic carbocycles. The summed E-state index contributed by atoms with van der Waals surface area (Å²) in [5.74, 6) is -0.214. The van der Waals surface area contributed by atoms with Crippen LogP contribution in [0.3, 0.4) is 0 Å². The van der Waals surface area contributed by atoms with Crippen molar-refractivity contribution >= 4 is 11.7 Å². The second-order valence-corrected chi connectivity index (χ2v) is 5.13. The summed E-state index contributed by atoms with van der Waals surface area (Å²) in [7, 11) is 0. The van der Waals surface area contributed by atoms with Crippen LogP contribution in [0.4, 0.5) is 0 Å². The number of ketones is 1. The molecule has 0 aromatic heterocycles. The van der Waals surface area contributed by atoms with E-state index in [4.69, 9.17) is 0 Å². The summed E-state index contributed by atoms with van der Waals surface area (Å²) in [5, 5.41) is 2.69. The maximum atomic E-state index is 11.6. The van der Waals surface area contributed by atoms with Gasteiger partial charge in [0.1, 0.15) is 0 Å². The molecular weight excluding hydrogens is 262 g/mol. The van der Waals surface area contributed by atoms with Crippen LogP contribution in [0.1, 0.15) is 19.4 Å². The SMILES string of the molecule is CC(=O)N[C@@H](Cc1ccc(-c2ccccc2)cc1)C(C)=O. The van der Waals surface area contributed by atoms with Gasteiger partial charge in [0.2, 0.25) is 5.91 Å². The second kappa shape index (κ2) is 6.84. The van der Waals surface area contributed by atoms with Crippen LogP contribution in [0.2, 0.25) is 0 Å². The number of nitrogens with one attached hydrogen (secondary N) is 1. The number of carbonyl (C=O) groups is 2. The third-order valence-electron chi connectivity index (χ3n) is 3.37. The molecule has 0 fully saturated rings. The van der Waals surface area contributed by atoms with E-state index in [9.17, 15) is 9.59 Å². The molecule has 0 saturated carbocycles. The van der Waals surface area contributed by atoms with Gasteiger partial charge in [-0.3, -0.25) is 9.59 Å². The van der Waals surface area contributed by atoms with Gasteiger partial charge in [-0.05, 0) is 30.0 Å². The number of hydrogen-bond acceptors (Lipinski definition) is 2. The summed E-state index contributed by atoms with van der Waals surface area (Å²) in [6.45, 7) is 2.92. The van der Waals surface area contributed by atoms with Crippen molar-refractivity contribution in [3.8, 4) is 11.1 Å². The van der Waals surface area contributed by atoms with Gasteiger partial charge in [-0.1, -0.05) is 54.6 Å². The van der Waals surface area contributed by atoms with Crippen molar-refractivity contribution in [1.82, 2.24) is 5.32 Å². The molecular formula is C18H19NO2. The molecule has 1 amide bonds. The van der Waals surface area contributed by atoms with E-state index in [2.05, 4.69) is 17.4 Å². The molecule has 0 heterocycles. The molecule has 2 rings (SSSR count). The number of amides is 1. The van der Waals surface area contributed by atoms with Gasteiger partial charge >= 0.3 is 0 Å². The lowest BCUT2D eigenvalue weighted by Gasteiger charge is -2.15. The van der Waals surface area contributed by atoms with Crippen molar-refractivity contribution in [1.29, 1.82) is 0 Å². The molecule has 0 radical (unpaired) electrons. The number of rotatable bonds is 5. The topological polar surface area (TPSA) is 46.2 Å². The number of Topliss-reactive ketones (excluding diaryl/α,β-unsaturated/α-hetero) is 1. The summed E-state index contributed by atoms with van der Waals surface area (Å²) in [4.78, 5) is 22.7. The van der Waals surface area contributed by atoms with Crippen molar-refractivity contribution in [2.75, 3.05) is 0 Å². The highest BCUT2D eigenvalue weighted by molar-refractivity contribution is 5.86. The molecule has 3 nitrogen and oxygen atoms in total. The van der Waals surface area contributed by atoms with E-state index in [1.54, 1.807) is 0 Å². The maximum absolute atomic E-state index is 11.6. The van der Waals surface area contributed by atoms with Crippen LogP contribution in [-0.2, 0) is 16.0 Å². The van der Waals surface area contributed by atoms with Gasteiger partial charge in [0.05, 0.1) is 6.04 Å². The minimum atomic E-state index is -0.454. The Morgan fingerprint density at radius 3 is 2.00 bits per heavy atom. The van der Waals surface area contributed by atoms with Crippen LogP contribution in [0.5, 0.6) is 0 Å². The highest BCUT2D eigenvalue weighted by Gasteiger charge is 2.15. The molecule has 0 aliphatic heterocycles. The fourth-order valence-corrected chi connectivity index (χ4v) is 2.24. The van der Waals surface area contributed by atoms with Gasteiger partial charge in [-0.15, -0.1) is 0 Å². The largest absolute Gasteiger partial charge is 0.346 e. The average molecular weight is 281 g/mol. The molecule has 3 heteroatoms. The Morgan fingerprint density at radius 2 is 1.48 bits per heavy atom. The van der Waals surface area contributed by atoms with Crippen LogP contribution in [0.15, 0.2) is 54.6 Å². The first-order chi connectivity index (χ1) is 10.1. The predicted molar refractivity (Wildman–Crippen MR) is 83.9 cm³/mol. The molecule has 1 atom stereocenters. The van der Waals surface area contributed by atoms with Gasteiger partial charge in [0, 0.05) is 6.92 Å². The van der Waals surface area contributed by atoms with Gasteiger partial charge in [-0.2, -0.15) is 0 Å². The fraction of sp³-hybridized carbons (Fsp3) is 0.222. The predicted octanol–water partition coefficient (Wildman–Crippen LogP) is 2.99. The van der Waals surface area contributed by atoms with E-state index in [0.717, 1.165) is 16.7 Å². The first-order valence-corrected chi connectivity index (χ1v) is 6.98. The van der Waals surface area contributed by atoms with Crippen molar-refractivity contribution in [3.05, 3.63) is 60.2 Å². The molecule has 108 valence electrons. The lowest BCUT2D eigenvalue weighted by Crippen LogP contribution is -2.40. The average Bonchev–Trinajstić information content (AvgIpc) is 2.48. The standard InChI is InChI=1S/C18H19NO2/c1-13(20)18(19-14(2)21)12-15-8-10-17(11-9-15)16-6-4-3-5-7-16/h3-11,18H,12H2,1-2H3,(H,19,21)/t18-/m0/s1. The second-order valence-electron chi connectivity index (χ2n) is 5.13. The van der Waals surface area contributed by atoms with E-state index in [-0.39, 0.29) is 11.7 Å². The Labute approximate surface area is 125 Å². The maximum Gasteiger partial charge on any atom is 0.217 e. The molecule has 0 aliphatic rings. The van der Waals surface area contributed by atoms with Crippen molar-refractivity contribution in [2.24, 2.45) is 0 Å². The fourth-order valence-electron chi connectivity index (χ4n) is 2.24. The monoisotopic (exact) mass is 281 g/mol. The van der Waals surface area contributed by atoms with Crippen molar-refractivity contribution in [3.63, 3.8) is 0 Å². The first kappa shape index (κ1) is 15.0. The number of hydrogen-bond donors (Lipinski definition) is 1. The summed E-state index contributed by atoms with van der Waals surface area (Å²) >= 11 is 0. The van der Waals surface area contributed by atoms with E-state index >= 15 is 0 Å². The van der Waals surface area contributed by atoms with E-state index in [0.29, 0.717) is 6.42 Å². The van der Waals surface area contributed by atoms with E-state index in [1.807, 2.05) is 42.5 Å². The molecule has 0 saturated heterocycles. The molecule has 21 heavy (non-hydrogen) atoms. The molecule has 0 spiro atoms. The van der Waals surface area contributed by atoms with Crippen molar-refractivity contribution in [2.45, 2.75) is 26.3 Å². The van der Waals surface area contributed by atoms with Crippen LogP contribution in [0, 0.1) is 0 Å². The number of benzene rings is 2. The number of carbonyl (C=O) groups excluding carboxylic acids is 2. The minimum absolute atomic E-state index is 0.0302. The Bertz CT molecular complexity index is 617. The highest BCUT2D eigenvalue weighted by Crippen LogP contribution is 2.19. The third-order valence-corrected chi connectivity index (χ3v) is 3.37. The van der Waals surface area contributed by atoms with Crippen LogP contribution in [-0.4, -0.2) is 17.7 Å². The highest BCUT2D eigenvalue weighted by atomic mass is 16.2. The molecule has 0 unspecified atom stereocenters. The Hall–Kier alpha value is -2.42. The van der Waals surface area contributed by atoms with E-state index < -0.39 is 6.04 Å². The zero-order valence-electron chi connectivity index (χ0n) is 12.3. The Morgan fingerprint density at radius 1 is 0.905 bits per heavy atom. The van der Waals surface area contributed by atoms with Crippen LogP contribution in [0.25, 0.3) is 11.1 Å². The quantitative estimate of drug-likeness (QED) is 0.915. The molecule has 1 N–H and O–H groups in total. The van der Waals surface area contributed by atoms with Crippen LogP contribution >= 0.6 is 0 Å². The lowest BCUT2D eigenvalue weighted by molar-refractivity contribution is -0.125. The summed E-state index contributed by atoms with van der Waals surface area (Å²) in [6, 6.07) is 17.7. The molecule has 2 aromatic rings. The van der Waals surface area contributed by atoms with Gasteiger partial charge in [0.25, 0.3) is 0 Å². The normalized spacial score (nSPS) is 11.7. The molecule has 0 aliphatic carbocycles. The first-order valence-electron chi connectivity index (χ1n) is 6.98. The zero-order valence-corrected chi connectivity index (χ0v) is 12.3. The molecule has 0 bridgehead atoms. The third kappa shape index (κ3) is 4.28. The Kier molecular flexibility index (Phi) is 4.88. The summed E-state index contributed by atoms with van der Waals surface area (Å²) < 4.78 is 0. The minimum Gasteiger partial charge on any atom is -0.346 e. The van der Waals surface area contributed by atoms with E-state index in [1.165, 1.54) is 13.8 Å².